The first-order valence-corrected chi connectivity index (χ1v) is 11.6. The standard InChI is InChI=1S/C23H25N5O2S/c1-2-16-12-17-20(25-14-26-22(17)31-16)27-8-10-28(11-9-27)23(30)19-18(13-24-21(19)29)15-6-4-3-5-7-15/h3-7,12,14,18-19H,2,8-11,13H2,1H3,(H,24,29). The van der Waals surface area contributed by atoms with E-state index < -0.39 is 5.92 Å². The molecule has 1 N–H and O–H groups in total. The third-order valence-electron chi connectivity index (χ3n) is 6.27. The first-order valence-electron chi connectivity index (χ1n) is 10.8. The lowest BCUT2D eigenvalue weighted by Crippen LogP contribution is -2.52. The molecule has 2 saturated heterocycles. The van der Waals surface area contributed by atoms with Gasteiger partial charge >= 0.3 is 0 Å². The summed E-state index contributed by atoms with van der Waals surface area (Å²) in [7, 11) is 0. The zero-order chi connectivity index (χ0) is 21.4. The van der Waals surface area contributed by atoms with Crippen LogP contribution in [0.5, 0.6) is 0 Å². The number of rotatable bonds is 4. The number of piperazine rings is 1. The fourth-order valence-corrected chi connectivity index (χ4v) is 5.50. The summed E-state index contributed by atoms with van der Waals surface area (Å²) in [6, 6.07) is 12.0. The van der Waals surface area contributed by atoms with Crippen LogP contribution in [0.25, 0.3) is 10.2 Å². The molecule has 0 radical (unpaired) electrons. The summed E-state index contributed by atoms with van der Waals surface area (Å²) in [5.41, 5.74) is 1.03. The highest BCUT2D eigenvalue weighted by molar-refractivity contribution is 7.18. The molecule has 8 heteroatoms. The largest absolute Gasteiger partial charge is 0.355 e. The van der Waals surface area contributed by atoms with Crippen LogP contribution < -0.4 is 10.2 Å². The molecule has 0 aliphatic carbocycles. The number of fused-ring (bicyclic) bond motifs is 1. The third-order valence-corrected chi connectivity index (χ3v) is 7.46. The number of nitrogens with one attached hydrogen (secondary N) is 1. The summed E-state index contributed by atoms with van der Waals surface area (Å²) in [5, 5.41) is 3.97. The second-order valence-corrected chi connectivity index (χ2v) is 9.15. The molecule has 2 atom stereocenters. The number of carbonyl (C=O) groups is 2. The van der Waals surface area contributed by atoms with Crippen molar-refractivity contribution < 1.29 is 9.59 Å². The van der Waals surface area contributed by atoms with Crippen molar-refractivity contribution in [2.24, 2.45) is 5.92 Å². The van der Waals surface area contributed by atoms with Crippen molar-refractivity contribution >= 4 is 39.2 Å². The lowest BCUT2D eigenvalue weighted by Gasteiger charge is -2.37. The predicted octanol–water partition coefficient (Wildman–Crippen LogP) is 2.43. The van der Waals surface area contributed by atoms with Gasteiger partial charge in [-0.1, -0.05) is 37.3 Å². The number of thiophene rings is 1. The Labute approximate surface area is 185 Å². The maximum Gasteiger partial charge on any atom is 0.235 e. The average Bonchev–Trinajstić information content (AvgIpc) is 3.42. The predicted molar refractivity (Wildman–Crippen MR) is 121 cm³/mol. The summed E-state index contributed by atoms with van der Waals surface area (Å²) in [6.07, 6.45) is 2.60. The molecule has 2 unspecified atom stereocenters. The van der Waals surface area contributed by atoms with Crippen LogP contribution in [0.4, 0.5) is 5.82 Å². The molecule has 5 rings (SSSR count). The van der Waals surface area contributed by atoms with E-state index >= 15 is 0 Å². The second kappa shape index (κ2) is 8.26. The van der Waals surface area contributed by atoms with Crippen molar-refractivity contribution in [1.29, 1.82) is 0 Å². The molecule has 160 valence electrons. The van der Waals surface area contributed by atoms with Gasteiger partial charge in [-0.05, 0) is 18.1 Å². The molecule has 2 aromatic heterocycles. The number of aryl methyl sites for hydroxylation is 1. The Morgan fingerprint density at radius 2 is 1.94 bits per heavy atom. The van der Waals surface area contributed by atoms with Gasteiger partial charge in [0.25, 0.3) is 0 Å². The summed E-state index contributed by atoms with van der Waals surface area (Å²) in [5.74, 6) is -0.0548. The molecule has 2 aliphatic rings. The molecule has 7 nitrogen and oxygen atoms in total. The molecule has 2 amide bonds. The topological polar surface area (TPSA) is 78.4 Å². The lowest BCUT2D eigenvalue weighted by atomic mass is 9.87. The molecule has 1 aromatic carbocycles. The van der Waals surface area contributed by atoms with Crippen molar-refractivity contribution in [2.75, 3.05) is 37.6 Å². The average molecular weight is 436 g/mol. The molecular weight excluding hydrogens is 410 g/mol. The fraction of sp³-hybridized carbons (Fsp3) is 0.391. The normalized spacial score (nSPS) is 21.5. The maximum absolute atomic E-state index is 13.3. The van der Waals surface area contributed by atoms with Crippen LogP contribution in [-0.4, -0.2) is 59.4 Å². The van der Waals surface area contributed by atoms with Gasteiger partial charge < -0.3 is 15.1 Å². The van der Waals surface area contributed by atoms with Crippen LogP contribution in [0.3, 0.4) is 0 Å². The zero-order valence-corrected chi connectivity index (χ0v) is 18.3. The van der Waals surface area contributed by atoms with E-state index in [2.05, 4.69) is 33.2 Å². The van der Waals surface area contributed by atoms with Crippen molar-refractivity contribution in [1.82, 2.24) is 20.2 Å². The van der Waals surface area contributed by atoms with Gasteiger partial charge in [-0.15, -0.1) is 11.3 Å². The number of aromatic nitrogens is 2. The van der Waals surface area contributed by atoms with E-state index in [1.807, 2.05) is 35.2 Å². The highest BCUT2D eigenvalue weighted by Crippen LogP contribution is 2.33. The van der Waals surface area contributed by atoms with E-state index in [0.29, 0.717) is 32.7 Å². The van der Waals surface area contributed by atoms with Gasteiger partial charge in [0.2, 0.25) is 11.8 Å². The summed E-state index contributed by atoms with van der Waals surface area (Å²) in [4.78, 5) is 41.2. The van der Waals surface area contributed by atoms with Gasteiger partial charge in [-0.25, -0.2) is 9.97 Å². The molecular formula is C23H25N5O2S. The first kappa shape index (κ1) is 19.9. The van der Waals surface area contributed by atoms with Gasteiger partial charge in [-0.2, -0.15) is 0 Å². The number of benzene rings is 1. The molecule has 0 spiro atoms. The first-order chi connectivity index (χ1) is 15.2. The lowest BCUT2D eigenvalue weighted by molar-refractivity contribution is -0.141. The number of amides is 2. The van der Waals surface area contributed by atoms with Crippen molar-refractivity contribution in [3.8, 4) is 0 Å². The minimum atomic E-state index is -0.649. The van der Waals surface area contributed by atoms with Crippen LogP contribution in [0.2, 0.25) is 0 Å². The number of carbonyl (C=O) groups excluding carboxylic acids is 2. The highest BCUT2D eigenvalue weighted by Gasteiger charge is 2.43. The Morgan fingerprint density at radius 1 is 1.16 bits per heavy atom. The van der Waals surface area contributed by atoms with Gasteiger partial charge in [0.1, 0.15) is 22.9 Å². The Hall–Kier alpha value is -3.00. The third kappa shape index (κ3) is 3.65. The van der Waals surface area contributed by atoms with Gasteiger partial charge in [-0.3, -0.25) is 9.59 Å². The van der Waals surface area contributed by atoms with E-state index in [9.17, 15) is 9.59 Å². The van der Waals surface area contributed by atoms with Crippen LogP contribution in [0.15, 0.2) is 42.7 Å². The maximum atomic E-state index is 13.3. The minimum absolute atomic E-state index is 0.0693. The zero-order valence-electron chi connectivity index (χ0n) is 17.5. The van der Waals surface area contributed by atoms with E-state index in [0.717, 1.165) is 28.0 Å². The van der Waals surface area contributed by atoms with Crippen molar-refractivity contribution in [2.45, 2.75) is 19.3 Å². The minimum Gasteiger partial charge on any atom is -0.355 e. The fourth-order valence-electron chi connectivity index (χ4n) is 4.57. The molecule has 3 aromatic rings. The van der Waals surface area contributed by atoms with Crippen LogP contribution in [0, 0.1) is 5.92 Å². The van der Waals surface area contributed by atoms with Gasteiger partial charge in [0.15, 0.2) is 0 Å². The van der Waals surface area contributed by atoms with E-state index in [4.69, 9.17) is 0 Å². The molecule has 2 fully saturated rings. The summed E-state index contributed by atoms with van der Waals surface area (Å²) >= 11 is 1.71. The number of hydrogen-bond acceptors (Lipinski definition) is 6. The van der Waals surface area contributed by atoms with E-state index in [-0.39, 0.29) is 17.7 Å². The summed E-state index contributed by atoms with van der Waals surface area (Å²) in [6.45, 7) is 5.21. The Kier molecular flexibility index (Phi) is 5.31. The van der Waals surface area contributed by atoms with Crippen LogP contribution in [-0.2, 0) is 16.0 Å². The van der Waals surface area contributed by atoms with E-state index in [1.54, 1.807) is 17.7 Å². The quantitative estimate of drug-likeness (QED) is 0.637. The Balaban J connectivity index is 1.31. The number of nitrogens with zero attached hydrogens (tertiary/aromatic N) is 4. The highest BCUT2D eigenvalue weighted by atomic mass is 32.1. The number of hydrogen-bond donors (Lipinski definition) is 1. The number of anilines is 1. The summed E-state index contributed by atoms with van der Waals surface area (Å²) < 4.78 is 0. The van der Waals surface area contributed by atoms with E-state index in [1.165, 1.54) is 4.88 Å². The van der Waals surface area contributed by atoms with Gasteiger partial charge in [0, 0.05) is 43.5 Å². The molecule has 4 heterocycles. The molecule has 0 saturated carbocycles. The van der Waals surface area contributed by atoms with Crippen LogP contribution in [0.1, 0.15) is 23.3 Å². The van der Waals surface area contributed by atoms with Gasteiger partial charge in [0.05, 0.1) is 5.39 Å². The second-order valence-electron chi connectivity index (χ2n) is 8.03. The van der Waals surface area contributed by atoms with Crippen LogP contribution >= 0.6 is 11.3 Å². The molecule has 0 bridgehead atoms. The molecule has 2 aliphatic heterocycles. The van der Waals surface area contributed by atoms with Crippen molar-refractivity contribution in [3.05, 3.63) is 53.2 Å². The smallest absolute Gasteiger partial charge is 0.235 e. The Morgan fingerprint density at radius 3 is 2.68 bits per heavy atom. The monoisotopic (exact) mass is 435 g/mol. The van der Waals surface area contributed by atoms with Crippen molar-refractivity contribution in [3.63, 3.8) is 0 Å². The SMILES string of the molecule is CCc1cc2c(N3CCN(C(=O)C4C(=O)NCC4c4ccccc4)CC3)ncnc2s1. The molecule has 31 heavy (non-hydrogen) atoms. The Bertz CT molecular complexity index is 1110.